The quantitative estimate of drug-likeness (QED) is 0.510. The Hall–Kier alpha value is -2.98. The third-order valence-electron chi connectivity index (χ3n) is 5.23. The molecule has 1 saturated heterocycles. The van der Waals surface area contributed by atoms with Crippen LogP contribution in [0.4, 0.5) is 5.69 Å². The van der Waals surface area contributed by atoms with Crippen molar-refractivity contribution in [3.63, 3.8) is 0 Å². The monoisotopic (exact) mass is 478 g/mol. The molecule has 0 spiro atoms. The fourth-order valence-corrected chi connectivity index (χ4v) is 4.62. The predicted molar refractivity (Wildman–Crippen MR) is 124 cm³/mol. The molecule has 180 valence electrons. The van der Waals surface area contributed by atoms with Crippen molar-refractivity contribution in [3.8, 4) is 17.2 Å². The number of hydrogen-bond donors (Lipinski definition) is 2. The van der Waals surface area contributed by atoms with E-state index in [4.69, 9.17) is 18.9 Å². The van der Waals surface area contributed by atoms with Crippen molar-refractivity contribution in [2.75, 3.05) is 38.7 Å². The summed E-state index contributed by atoms with van der Waals surface area (Å²) < 4.78 is 50.1. The van der Waals surface area contributed by atoms with Crippen LogP contribution in [0.15, 0.2) is 41.3 Å². The fraction of sp³-hybridized carbons (Fsp3) is 0.435. The molecule has 10 heteroatoms. The number of ether oxygens (including phenoxy) is 4. The molecule has 1 aliphatic rings. The van der Waals surface area contributed by atoms with Gasteiger partial charge in [-0.05, 0) is 56.5 Å². The molecule has 0 bridgehead atoms. The van der Waals surface area contributed by atoms with Crippen molar-refractivity contribution in [1.82, 2.24) is 5.32 Å². The van der Waals surface area contributed by atoms with Gasteiger partial charge in [0.1, 0.15) is 5.75 Å². The van der Waals surface area contributed by atoms with E-state index in [1.807, 2.05) is 6.92 Å². The van der Waals surface area contributed by atoms with Gasteiger partial charge in [0.05, 0.1) is 43.1 Å². The number of rotatable bonds is 11. The van der Waals surface area contributed by atoms with E-state index in [0.29, 0.717) is 31.1 Å². The summed E-state index contributed by atoms with van der Waals surface area (Å²) in [6.45, 7) is 3.46. The molecule has 1 amide bonds. The Morgan fingerprint density at radius 2 is 1.82 bits per heavy atom. The number of anilines is 1. The average Bonchev–Trinajstić information content (AvgIpc) is 3.32. The summed E-state index contributed by atoms with van der Waals surface area (Å²) in [5, 5.41) is 2.84. The molecular formula is C23H30N2O7S. The van der Waals surface area contributed by atoms with Gasteiger partial charge in [-0.15, -0.1) is 0 Å². The molecule has 1 atom stereocenters. The van der Waals surface area contributed by atoms with E-state index in [1.165, 1.54) is 38.5 Å². The fourth-order valence-electron chi connectivity index (χ4n) is 3.55. The summed E-state index contributed by atoms with van der Waals surface area (Å²) >= 11 is 0. The number of nitrogens with one attached hydrogen (secondary N) is 2. The first kappa shape index (κ1) is 24.7. The smallest absolute Gasteiger partial charge is 0.261 e. The molecule has 1 heterocycles. The number of hydrogen-bond acceptors (Lipinski definition) is 7. The number of benzene rings is 2. The van der Waals surface area contributed by atoms with Gasteiger partial charge >= 0.3 is 0 Å². The largest absolute Gasteiger partial charge is 0.494 e. The third kappa shape index (κ3) is 6.29. The van der Waals surface area contributed by atoms with Crippen molar-refractivity contribution < 1.29 is 32.2 Å². The topological polar surface area (TPSA) is 112 Å². The molecular weight excluding hydrogens is 448 g/mol. The van der Waals surface area contributed by atoms with Gasteiger partial charge in [0.2, 0.25) is 0 Å². The molecule has 1 fully saturated rings. The number of amides is 1. The van der Waals surface area contributed by atoms with Crippen LogP contribution in [-0.2, 0) is 14.8 Å². The first-order valence-electron chi connectivity index (χ1n) is 10.8. The van der Waals surface area contributed by atoms with E-state index in [9.17, 15) is 13.2 Å². The summed E-state index contributed by atoms with van der Waals surface area (Å²) in [7, 11) is -1.10. The summed E-state index contributed by atoms with van der Waals surface area (Å²) in [6.07, 6.45) is 2.81. The molecule has 3 rings (SSSR count). The van der Waals surface area contributed by atoms with Crippen LogP contribution in [0.2, 0.25) is 0 Å². The number of methoxy groups -OCH3 is 2. The van der Waals surface area contributed by atoms with E-state index in [0.717, 1.165) is 19.4 Å². The SMILES string of the molecule is CCOc1ccc(S(=O)(=O)Nc2cc(OC)c(OC)cc2C(=O)NCCC2CCCO2)cc1. The lowest BCUT2D eigenvalue weighted by atomic mass is 10.1. The van der Waals surface area contributed by atoms with Crippen molar-refractivity contribution >= 4 is 21.6 Å². The zero-order valence-electron chi connectivity index (χ0n) is 19.1. The van der Waals surface area contributed by atoms with Crippen LogP contribution in [0.1, 0.15) is 36.5 Å². The normalized spacial score (nSPS) is 15.7. The summed E-state index contributed by atoms with van der Waals surface area (Å²) in [5.74, 6) is 0.732. The van der Waals surface area contributed by atoms with E-state index in [-0.39, 0.29) is 28.0 Å². The third-order valence-corrected chi connectivity index (χ3v) is 6.61. The van der Waals surface area contributed by atoms with E-state index in [2.05, 4.69) is 10.0 Å². The van der Waals surface area contributed by atoms with E-state index >= 15 is 0 Å². The molecule has 33 heavy (non-hydrogen) atoms. The molecule has 9 nitrogen and oxygen atoms in total. The molecule has 0 aromatic heterocycles. The Morgan fingerprint density at radius 1 is 1.12 bits per heavy atom. The second-order valence-corrected chi connectivity index (χ2v) is 9.12. The van der Waals surface area contributed by atoms with Gasteiger partial charge in [-0.1, -0.05) is 0 Å². The lowest BCUT2D eigenvalue weighted by molar-refractivity contribution is 0.0907. The Labute approximate surface area is 194 Å². The second kappa shape index (κ2) is 11.2. The minimum absolute atomic E-state index is 0.0329. The maximum absolute atomic E-state index is 13.0. The van der Waals surface area contributed by atoms with Crippen LogP contribution in [0.5, 0.6) is 17.2 Å². The van der Waals surface area contributed by atoms with E-state index < -0.39 is 15.9 Å². The molecule has 2 aromatic rings. The number of carbonyl (C=O) groups excluding carboxylic acids is 1. The lowest BCUT2D eigenvalue weighted by Gasteiger charge is -2.17. The van der Waals surface area contributed by atoms with Crippen LogP contribution >= 0.6 is 0 Å². The zero-order chi connectivity index (χ0) is 23.8. The Balaban J connectivity index is 1.84. The van der Waals surface area contributed by atoms with Gasteiger partial charge in [0.25, 0.3) is 15.9 Å². The highest BCUT2D eigenvalue weighted by molar-refractivity contribution is 7.92. The van der Waals surface area contributed by atoms with Gasteiger partial charge in [0, 0.05) is 19.2 Å². The Bertz CT molecular complexity index is 1050. The number of carbonyl (C=O) groups is 1. The van der Waals surface area contributed by atoms with Crippen LogP contribution in [-0.4, -0.2) is 54.4 Å². The summed E-state index contributed by atoms with van der Waals surface area (Å²) in [5.41, 5.74) is 0.200. The van der Waals surface area contributed by atoms with Crippen molar-refractivity contribution in [2.24, 2.45) is 0 Å². The predicted octanol–water partition coefficient (Wildman–Crippen LogP) is 3.20. The summed E-state index contributed by atoms with van der Waals surface area (Å²) in [6, 6.07) is 8.91. The van der Waals surface area contributed by atoms with Gasteiger partial charge in [-0.25, -0.2) is 8.42 Å². The van der Waals surface area contributed by atoms with Crippen LogP contribution < -0.4 is 24.2 Å². The summed E-state index contributed by atoms with van der Waals surface area (Å²) in [4.78, 5) is 13.0. The van der Waals surface area contributed by atoms with Crippen LogP contribution in [0, 0.1) is 0 Å². The van der Waals surface area contributed by atoms with Gasteiger partial charge < -0.3 is 24.3 Å². The molecule has 2 N–H and O–H groups in total. The zero-order valence-corrected chi connectivity index (χ0v) is 19.9. The maximum atomic E-state index is 13.0. The maximum Gasteiger partial charge on any atom is 0.261 e. The van der Waals surface area contributed by atoms with Crippen molar-refractivity contribution in [3.05, 3.63) is 42.0 Å². The van der Waals surface area contributed by atoms with Crippen LogP contribution in [0.3, 0.4) is 0 Å². The molecule has 0 radical (unpaired) electrons. The highest BCUT2D eigenvalue weighted by Crippen LogP contribution is 2.34. The van der Waals surface area contributed by atoms with E-state index in [1.54, 1.807) is 12.1 Å². The van der Waals surface area contributed by atoms with Crippen LogP contribution in [0.25, 0.3) is 0 Å². The minimum Gasteiger partial charge on any atom is -0.494 e. The first-order chi connectivity index (χ1) is 15.9. The molecule has 1 aliphatic heterocycles. The second-order valence-electron chi connectivity index (χ2n) is 7.44. The molecule has 2 aromatic carbocycles. The van der Waals surface area contributed by atoms with Gasteiger partial charge in [-0.3, -0.25) is 9.52 Å². The molecule has 0 saturated carbocycles. The van der Waals surface area contributed by atoms with Gasteiger partial charge in [0.15, 0.2) is 11.5 Å². The average molecular weight is 479 g/mol. The van der Waals surface area contributed by atoms with Crippen molar-refractivity contribution in [2.45, 2.75) is 37.2 Å². The Kier molecular flexibility index (Phi) is 8.40. The van der Waals surface area contributed by atoms with Crippen molar-refractivity contribution in [1.29, 1.82) is 0 Å². The highest BCUT2D eigenvalue weighted by atomic mass is 32.2. The molecule has 1 unspecified atom stereocenters. The number of sulfonamides is 1. The highest BCUT2D eigenvalue weighted by Gasteiger charge is 2.23. The first-order valence-corrected chi connectivity index (χ1v) is 12.3. The lowest BCUT2D eigenvalue weighted by Crippen LogP contribution is -2.28. The molecule has 0 aliphatic carbocycles. The standard InChI is InChI=1S/C23H30N2O7S/c1-4-31-17-7-9-18(10-8-17)33(27,28)25-20-15-22(30-3)21(29-2)14-19(20)23(26)24-12-11-16-6-5-13-32-16/h7-10,14-16,25H,4-6,11-13H2,1-3H3,(H,24,26). The van der Waals surface area contributed by atoms with Gasteiger partial charge in [-0.2, -0.15) is 0 Å². The minimum atomic E-state index is -3.98. The Morgan fingerprint density at radius 3 is 2.42 bits per heavy atom.